The van der Waals surface area contributed by atoms with Gasteiger partial charge in [-0.05, 0) is 49.6 Å². The fraction of sp³-hybridized carbons (Fsp3) is 0.364. The Morgan fingerprint density at radius 2 is 1.70 bits per heavy atom. The second-order valence-electron chi connectivity index (χ2n) is 7.44. The van der Waals surface area contributed by atoms with Crippen molar-refractivity contribution in [3.8, 4) is 0 Å². The summed E-state index contributed by atoms with van der Waals surface area (Å²) in [7, 11) is 0. The van der Waals surface area contributed by atoms with E-state index in [1.54, 1.807) is 11.3 Å². The molecule has 1 saturated heterocycles. The Labute approximate surface area is 164 Å². The van der Waals surface area contributed by atoms with E-state index in [-0.39, 0.29) is 5.91 Å². The number of amides is 1. The Balaban J connectivity index is 1.40. The summed E-state index contributed by atoms with van der Waals surface area (Å²) in [5, 5.41) is 1.07. The van der Waals surface area contributed by atoms with Gasteiger partial charge in [0.1, 0.15) is 0 Å². The second kappa shape index (κ2) is 7.31. The molecule has 1 aliphatic heterocycles. The third-order valence-corrected chi connectivity index (χ3v) is 6.36. The molecule has 140 valence electrons. The number of benzene rings is 2. The number of anilines is 1. The molecule has 2 heterocycles. The van der Waals surface area contributed by atoms with E-state index in [1.165, 1.54) is 21.4 Å². The molecule has 0 spiro atoms. The fourth-order valence-corrected chi connectivity index (χ4v) is 4.68. The lowest BCUT2D eigenvalue weighted by Gasteiger charge is -2.34. The number of hydrogen-bond donors (Lipinski definition) is 0. The first kappa shape index (κ1) is 18.0. The molecule has 0 atom stereocenters. The van der Waals surface area contributed by atoms with Gasteiger partial charge < -0.3 is 9.80 Å². The first-order valence-corrected chi connectivity index (χ1v) is 10.3. The topological polar surface area (TPSA) is 36.4 Å². The van der Waals surface area contributed by atoms with Crippen molar-refractivity contribution >= 4 is 32.6 Å². The third kappa shape index (κ3) is 3.83. The average molecular weight is 380 g/mol. The predicted molar refractivity (Wildman–Crippen MR) is 113 cm³/mol. The minimum Gasteiger partial charge on any atom is -0.345 e. The molecular weight excluding hydrogens is 354 g/mol. The molecule has 0 radical (unpaired) electrons. The number of thiazole rings is 1. The van der Waals surface area contributed by atoms with E-state index >= 15 is 0 Å². The molecule has 0 bridgehead atoms. The number of carbonyl (C=O) groups excluding carboxylic acids is 1. The summed E-state index contributed by atoms with van der Waals surface area (Å²) in [6, 6.07) is 12.7. The van der Waals surface area contributed by atoms with Crippen molar-refractivity contribution in [2.75, 3.05) is 31.1 Å². The predicted octanol–water partition coefficient (Wildman–Crippen LogP) is 4.11. The molecule has 4 nitrogen and oxygen atoms in total. The van der Waals surface area contributed by atoms with Crippen LogP contribution in [-0.2, 0) is 11.2 Å². The van der Waals surface area contributed by atoms with Gasteiger partial charge in [0.15, 0.2) is 5.13 Å². The number of piperazine rings is 1. The number of aromatic nitrogens is 1. The molecule has 2 aromatic carbocycles. The van der Waals surface area contributed by atoms with Gasteiger partial charge in [0.25, 0.3) is 0 Å². The van der Waals surface area contributed by atoms with Crippen LogP contribution in [0.15, 0.2) is 36.4 Å². The standard InChI is InChI=1S/C22H25N3OS/c1-15-4-6-17(3)18(12-15)14-21(26)24-8-10-25(11-9-24)22-23-19-7-5-16(2)13-20(19)27-22/h4-7,12-13H,8-11,14H2,1-3H3. The summed E-state index contributed by atoms with van der Waals surface area (Å²) < 4.78 is 1.23. The molecule has 0 aliphatic carbocycles. The zero-order valence-corrected chi connectivity index (χ0v) is 17.0. The minimum absolute atomic E-state index is 0.225. The van der Waals surface area contributed by atoms with Crippen LogP contribution in [0.3, 0.4) is 0 Å². The molecule has 1 amide bonds. The molecule has 1 aliphatic rings. The Hall–Kier alpha value is -2.40. The average Bonchev–Trinajstić information content (AvgIpc) is 3.08. The third-order valence-electron chi connectivity index (χ3n) is 5.28. The summed E-state index contributed by atoms with van der Waals surface area (Å²) in [5.41, 5.74) is 5.87. The van der Waals surface area contributed by atoms with Crippen LogP contribution in [0.5, 0.6) is 0 Å². The number of fused-ring (bicyclic) bond motifs is 1. The van der Waals surface area contributed by atoms with Gasteiger partial charge in [0, 0.05) is 26.2 Å². The summed E-state index contributed by atoms with van der Waals surface area (Å²) in [6.45, 7) is 9.48. The van der Waals surface area contributed by atoms with E-state index < -0.39 is 0 Å². The molecule has 3 aromatic rings. The summed E-state index contributed by atoms with van der Waals surface area (Å²) in [5.74, 6) is 0.225. The molecule has 0 N–H and O–H groups in total. The Kier molecular flexibility index (Phi) is 4.87. The molecule has 0 saturated carbocycles. The van der Waals surface area contributed by atoms with Crippen LogP contribution in [0.25, 0.3) is 10.2 Å². The maximum atomic E-state index is 12.7. The lowest BCUT2D eigenvalue weighted by Crippen LogP contribution is -2.49. The molecule has 0 unspecified atom stereocenters. The fourth-order valence-electron chi connectivity index (χ4n) is 3.57. The van der Waals surface area contributed by atoms with Crippen molar-refractivity contribution in [1.82, 2.24) is 9.88 Å². The zero-order chi connectivity index (χ0) is 19.0. The van der Waals surface area contributed by atoms with Crippen molar-refractivity contribution in [2.45, 2.75) is 27.2 Å². The van der Waals surface area contributed by atoms with Crippen molar-refractivity contribution < 1.29 is 4.79 Å². The first-order chi connectivity index (χ1) is 13.0. The quantitative estimate of drug-likeness (QED) is 0.687. The van der Waals surface area contributed by atoms with E-state index in [9.17, 15) is 4.79 Å². The second-order valence-corrected chi connectivity index (χ2v) is 8.45. The van der Waals surface area contributed by atoms with E-state index in [0.717, 1.165) is 42.4 Å². The largest absolute Gasteiger partial charge is 0.345 e. The van der Waals surface area contributed by atoms with E-state index in [0.29, 0.717) is 6.42 Å². The van der Waals surface area contributed by atoms with Crippen molar-refractivity contribution in [2.24, 2.45) is 0 Å². The molecular formula is C22H25N3OS. The number of hydrogen-bond acceptors (Lipinski definition) is 4. The molecule has 1 fully saturated rings. The van der Waals surface area contributed by atoms with Crippen molar-refractivity contribution in [1.29, 1.82) is 0 Å². The Morgan fingerprint density at radius 3 is 2.48 bits per heavy atom. The van der Waals surface area contributed by atoms with Crippen LogP contribution in [0.4, 0.5) is 5.13 Å². The van der Waals surface area contributed by atoms with Crippen molar-refractivity contribution in [3.05, 3.63) is 58.7 Å². The monoisotopic (exact) mass is 379 g/mol. The van der Waals surface area contributed by atoms with Gasteiger partial charge in [-0.3, -0.25) is 4.79 Å². The van der Waals surface area contributed by atoms with Gasteiger partial charge in [-0.25, -0.2) is 4.98 Å². The van der Waals surface area contributed by atoms with E-state index in [1.807, 2.05) is 4.90 Å². The van der Waals surface area contributed by atoms with Crippen LogP contribution in [0, 0.1) is 20.8 Å². The lowest BCUT2D eigenvalue weighted by atomic mass is 10.0. The number of nitrogens with zero attached hydrogens (tertiary/aromatic N) is 3. The molecule has 27 heavy (non-hydrogen) atoms. The van der Waals surface area contributed by atoms with Gasteiger partial charge in [-0.1, -0.05) is 41.2 Å². The maximum absolute atomic E-state index is 12.7. The van der Waals surface area contributed by atoms with Gasteiger partial charge in [-0.15, -0.1) is 0 Å². The van der Waals surface area contributed by atoms with Crippen LogP contribution in [-0.4, -0.2) is 42.0 Å². The summed E-state index contributed by atoms with van der Waals surface area (Å²) >= 11 is 1.75. The molecule has 5 heteroatoms. The van der Waals surface area contributed by atoms with Gasteiger partial charge in [-0.2, -0.15) is 0 Å². The lowest BCUT2D eigenvalue weighted by molar-refractivity contribution is -0.130. The molecule has 4 rings (SSSR count). The normalized spacial score (nSPS) is 14.8. The van der Waals surface area contributed by atoms with E-state index in [2.05, 4.69) is 62.1 Å². The number of carbonyl (C=O) groups is 1. The van der Waals surface area contributed by atoms with Crippen molar-refractivity contribution in [3.63, 3.8) is 0 Å². The summed E-state index contributed by atoms with van der Waals surface area (Å²) in [4.78, 5) is 21.8. The summed E-state index contributed by atoms with van der Waals surface area (Å²) in [6.07, 6.45) is 0.494. The minimum atomic E-state index is 0.225. The number of aryl methyl sites for hydroxylation is 3. The highest BCUT2D eigenvalue weighted by atomic mass is 32.1. The van der Waals surface area contributed by atoms with Crippen LogP contribution < -0.4 is 4.90 Å². The highest BCUT2D eigenvalue weighted by molar-refractivity contribution is 7.22. The Morgan fingerprint density at radius 1 is 1.00 bits per heavy atom. The van der Waals surface area contributed by atoms with Gasteiger partial charge in [0.05, 0.1) is 16.6 Å². The van der Waals surface area contributed by atoms with Crippen LogP contribution >= 0.6 is 11.3 Å². The zero-order valence-electron chi connectivity index (χ0n) is 16.2. The SMILES string of the molecule is Cc1ccc(C)c(CC(=O)N2CCN(c3nc4ccc(C)cc4s3)CC2)c1. The van der Waals surface area contributed by atoms with Gasteiger partial charge >= 0.3 is 0 Å². The highest BCUT2D eigenvalue weighted by Gasteiger charge is 2.23. The van der Waals surface area contributed by atoms with Gasteiger partial charge in [0.2, 0.25) is 5.91 Å². The maximum Gasteiger partial charge on any atom is 0.227 e. The Bertz CT molecular complexity index is 986. The van der Waals surface area contributed by atoms with E-state index in [4.69, 9.17) is 4.98 Å². The smallest absolute Gasteiger partial charge is 0.227 e. The molecule has 1 aromatic heterocycles. The van der Waals surface area contributed by atoms with Crippen LogP contribution in [0.1, 0.15) is 22.3 Å². The number of rotatable bonds is 3. The first-order valence-electron chi connectivity index (χ1n) is 9.45. The van der Waals surface area contributed by atoms with Crippen LogP contribution in [0.2, 0.25) is 0 Å². The highest BCUT2D eigenvalue weighted by Crippen LogP contribution is 2.30.